The fourth-order valence-electron chi connectivity index (χ4n) is 2.90. The standard InChI is InChI=1S/C21H20N2O3S/c1-3-26-21(25)14(2)18-22-17(15-10-6-4-7-11-15)20(27)23(18)19(24)16-12-8-5-9-13-16/h4-13,17,22H,3H2,1-2H3/b18-14+. The number of carbonyl (C=O) groups excluding carboxylic acids is 2. The molecule has 1 atom stereocenters. The molecular formula is C21H20N2O3S. The summed E-state index contributed by atoms with van der Waals surface area (Å²) in [5.74, 6) is -0.409. The quantitative estimate of drug-likeness (QED) is 0.499. The predicted octanol–water partition coefficient (Wildman–Crippen LogP) is 3.60. The van der Waals surface area contributed by atoms with Crippen LogP contribution in [-0.2, 0) is 9.53 Å². The number of hydrogen-bond donors (Lipinski definition) is 1. The predicted molar refractivity (Wildman–Crippen MR) is 107 cm³/mol. The van der Waals surface area contributed by atoms with Crippen LogP contribution in [0.4, 0.5) is 0 Å². The Bertz CT molecular complexity index is 894. The molecule has 1 heterocycles. The van der Waals surface area contributed by atoms with Crippen molar-refractivity contribution in [3.8, 4) is 0 Å². The highest BCUT2D eigenvalue weighted by Gasteiger charge is 2.39. The average Bonchev–Trinajstić information content (AvgIpc) is 3.05. The lowest BCUT2D eigenvalue weighted by atomic mass is 10.1. The molecule has 1 saturated heterocycles. The molecule has 0 radical (unpaired) electrons. The van der Waals surface area contributed by atoms with Gasteiger partial charge >= 0.3 is 5.97 Å². The van der Waals surface area contributed by atoms with Crippen molar-refractivity contribution >= 4 is 29.1 Å². The number of rotatable bonds is 4. The maximum Gasteiger partial charge on any atom is 0.337 e. The summed E-state index contributed by atoms with van der Waals surface area (Å²) in [6.45, 7) is 3.62. The number of carbonyl (C=O) groups is 2. The maximum absolute atomic E-state index is 13.1. The van der Waals surface area contributed by atoms with Crippen LogP contribution in [0.15, 0.2) is 72.1 Å². The monoisotopic (exact) mass is 380 g/mol. The summed E-state index contributed by atoms with van der Waals surface area (Å²) in [5.41, 5.74) is 1.71. The number of nitrogens with zero attached hydrogens (tertiary/aromatic N) is 1. The van der Waals surface area contributed by atoms with Crippen LogP contribution >= 0.6 is 12.2 Å². The van der Waals surface area contributed by atoms with Gasteiger partial charge in [-0.25, -0.2) is 4.79 Å². The summed E-state index contributed by atoms with van der Waals surface area (Å²) >= 11 is 5.62. The Balaban J connectivity index is 2.05. The summed E-state index contributed by atoms with van der Waals surface area (Å²) in [7, 11) is 0. The Kier molecular flexibility index (Phi) is 5.66. The Morgan fingerprint density at radius 3 is 2.26 bits per heavy atom. The molecule has 0 spiro atoms. The van der Waals surface area contributed by atoms with E-state index in [0.29, 0.717) is 21.9 Å². The van der Waals surface area contributed by atoms with E-state index < -0.39 is 5.97 Å². The lowest BCUT2D eigenvalue weighted by Crippen LogP contribution is -2.33. The van der Waals surface area contributed by atoms with E-state index in [1.165, 1.54) is 4.90 Å². The molecule has 0 bridgehead atoms. The fraction of sp³-hybridized carbons (Fsp3) is 0.190. The van der Waals surface area contributed by atoms with Crippen molar-refractivity contribution in [2.45, 2.75) is 19.9 Å². The Morgan fingerprint density at radius 2 is 1.67 bits per heavy atom. The van der Waals surface area contributed by atoms with Gasteiger partial charge in [0.1, 0.15) is 16.9 Å². The summed E-state index contributed by atoms with van der Waals surface area (Å²) in [6.07, 6.45) is 0. The number of nitrogens with one attached hydrogen (secondary N) is 1. The first-order chi connectivity index (χ1) is 13.0. The van der Waals surface area contributed by atoms with Crippen LogP contribution in [0, 0.1) is 0 Å². The number of esters is 1. The third-order valence-corrected chi connectivity index (χ3v) is 4.68. The second-order valence-electron chi connectivity index (χ2n) is 6.03. The molecule has 0 saturated carbocycles. The van der Waals surface area contributed by atoms with E-state index in [4.69, 9.17) is 17.0 Å². The minimum atomic E-state index is -0.484. The molecule has 2 aromatic carbocycles. The first-order valence-electron chi connectivity index (χ1n) is 8.67. The molecule has 6 heteroatoms. The molecule has 138 valence electrons. The summed E-state index contributed by atoms with van der Waals surface area (Å²) < 4.78 is 5.11. The van der Waals surface area contributed by atoms with Gasteiger partial charge in [-0.05, 0) is 31.5 Å². The lowest BCUT2D eigenvalue weighted by Gasteiger charge is -2.18. The van der Waals surface area contributed by atoms with Gasteiger partial charge in [-0.1, -0.05) is 60.7 Å². The van der Waals surface area contributed by atoms with E-state index >= 15 is 0 Å². The van der Waals surface area contributed by atoms with E-state index in [-0.39, 0.29) is 18.6 Å². The fourth-order valence-corrected chi connectivity index (χ4v) is 3.27. The molecule has 3 rings (SSSR count). The van der Waals surface area contributed by atoms with Crippen LogP contribution in [-0.4, -0.2) is 28.4 Å². The van der Waals surface area contributed by atoms with E-state index in [9.17, 15) is 9.59 Å². The number of thiocarbonyl (C=S) groups is 1. The van der Waals surface area contributed by atoms with Crippen LogP contribution in [0.3, 0.4) is 0 Å². The molecule has 1 unspecified atom stereocenters. The highest BCUT2D eigenvalue weighted by atomic mass is 32.1. The average molecular weight is 380 g/mol. The Labute approximate surface area is 163 Å². The first-order valence-corrected chi connectivity index (χ1v) is 9.08. The van der Waals surface area contributed by atoms with Gasteiger partial charge in [-0.15, -0.1) is 0 Å². The first kappa shape index (κ1) is 18.8. The molecule has 1 amide bonds. The molecule has 27 heavy (non-hydrogen) atoms. The van der Waals surface area contributed by atoms with Crippen molar-refractivity contribution in [3.05, 3.63) is 83.2 Å². The lowest BCUT2D eigenvalue weighted by molar-refractivity contribution is -0.138. The SMILES string of the molecule is CCOC(=O)/C(C)=C1\NC(c2ccccc2)C(=S)N1C(=O)c1ccccc1. The number of benzene rings is 2. The van der Waals surface area contributed by atoms with Gasteiger partial charge in [-0.3, -0.25) is 9.69 Å². The zero-order chi connectivity index (χ0) is 19.4. The number of amides is 1. The Hall–Kier alpha value is -2.99. The van der Waals surface area contributed by atoms with Crippen molar-refractivity contribution in [1.29, 1.82) is 0 Å². The van der Waals surface area contributed by atoms with E-state index in [0.717, 1.165) is 5.56 Å². The van der Waals surface area contributed by atoms with Crippen LogP contribution in [0.5, 0.6) is 0 Å². The van der Waals surface area contributed by atoms with Crippen molar-refractivity contribution in [2.24, 2.45) is 0 Å². The molecule has 0 aromatic heterocycles. The third kappa shape index (κ3) is 3.75. The summed E-state index contributed by atoms with van der Waals surface area (Å²) in [6, 6.07) is 18.1. The molecule has 5 nitrogen and oxygen atoms in total. The normalized spacial score (nSPS) is 18.1. The highest BCUT2D eigenvalue weighted by Crippen LogP contribution is 2.30. The molecule has 1 N–H and O–H groups in total. The topological polar surface area (TPSA) is 58.6 Å². The Morgan fingerprint density at radius 1 is 1.07 bits per heavy atom. The molecule has 0 aliphatic carbocycles. The second-order valence-corrected chi connectivity index (χ2v) is 6.45. The zero-order valence-electron chi connectivity index (χ0n) is 15.1. The van der Waals surface area contributed by atoms with Gasteiger partial charge in [0.2, 0.25) is 0 Å². The van der Waals surface area contributed by atoms with Crippen LogP contribution in [0.2, 0.25) is 0 Å². The van der Waals surface area contributed by atoms with E-state index in [1.807, 2.05) is 36.4 Å². The van der Waals surface area contributed by atoms with Gasteiger partial charge in [0.25, 0.3) is 5.91 Å². The van der Waals surface area contributed by atoms with Gasteiger partial charge in [0.05, 0.1) is 12.2 Å². The molecule has 2 aromatic rings. The smallest absolute Gasteiger partial charge is 0.337 e. The summed E-state index contributed by atoms with van der Waals surface area (Å²) in [4.78, 5) is 27.2. The number of hydrogen-bond acceptors (Lipinski definition) is 5. The molecule has 1 fully saturated rings. The molecular weight excluding hydrogens is 360 g/mol. The van der Waals surface area contributed by atoms with Crippen molar-refractivity contribution < 1.29 is 14.3 Å². The van der Waals surface area contributed by atoms with Crippen LogP contribution in [0.1, 0.15) is 35.8 Å². The van der Waals surface area contributed by atoms with Crippen molar-refractivity contribution in [3.63, 3.8) is 0 Å². The zero-order valence-corrected chi connectivity index (χ0v) is 16.0. The van der Waals surface area contributed by atoms with Gasteiger partial charge in [0.15, 0.2) is 0 Å². The van der Waals surface area contributed by atoms with Crippen LogP contribution in [0.25, 0.3) is 0 Å². The highest BCUT2D eigenvalue weighted by molar-refractivity contribution is 7.80. The van der Waals surface area contributed by atoms with Gasteiger partial charge in [0, 0.05) is 5.56 Å². The third-order valence-electron chi connectivity index (χ3n) is 4.27. The van der Waals surface area contributed by atoms with Gasteiger partial charge in [-0.2, -0.15) is 0 Å². The van der Waals surface area contributed by atoms with Gasteiger partial charge < -0.3 is 10.1 Å². The minimum absolute atomic E-state index is 0.253. The van der Waals surface area contributed by atoms with Crippen molar-refractivity contribution in [1.82, 2.24) is 10.2 Å². The number of ether oxygens (including phenoxy) is 1. The van der Waals surface area contributed by atoms with E-state index in [1.54, 1.807) is 38.1 Å². The molecule has 1 aliphatic heterocycles. The van der Waals surface area contributed by atoms with Crippen molar-refractivity contribution in [2.75, 3.05) is 6.61 Å². The largest absolute Gasteiger partial charge is 0.463 e. The summed E-state index contributed by atoms with van der Waals surface area (Å²) in [5, 5.41) is 3.24. The molecule has 1 aliphatic rings. The van der Waals surface area contributed by atoms with Crippen LogP contribution < -0.4 is 5.32 Å². The maximum atomic E-state index is 13.1. The second kappa shape index (κ2) is 8.14. The minimum Gasteiger partial charge on any atom is -0.463 e. The van der Waals surface area contributed by atoms with E-state index in [2.05, 4.69) is 5.32 Å².